The quantitative estimate of drug-likeness (QED) is 0.194. The van der Waals surface area contributed by atoms with Crippen LogP contribution in [0.2, 0.25) is 0 Å². The van der Waals surface area contributed by atoms with Gasteiger partial charge in [-0.2, -0.15) is 0 Å². The Morgan fingerprint density at radius 1 is 0.940 bits per heavy atom. The molecule has 9 nitrogen and oxygen atoms in total. The number of rotatable bonds is 10. The minimum atomic E-state index is -0.878. The van der Waals surface area contributed by atoms with Gasteiger partial charge in [0.05, 0.1) is 24.7 Å². The maximum absolute atomic E-state index is 14.1. The Kier molecular flexibility index (Phi) is 11.7. The number of ether oxygens (including phenoxy) is 1. The lowest BCUT2D eigenvalue weighted by Crippen LogP contribution is -2.54. The van der Waals surface area contributed by atoms with E-state index in [9.17, 15) is 19.2 Å². The van der Waals surface area contributed by atoms with Crippen LogP contribution >= 0.6 is 0 Å². The number of ketones is 1. The Morgan fingerprint density at radius 3 is 2.42 bits per heavy atom. The third kappa shape index (κ3) is 9.77. The first-order valence-electron chi connectivity index (χ1n) is 17.4. The van der Waals surface area contributed by atoms with Crippen molar-refractivity contribution in [3.63, 3.8) is 0 Å². The summed E-state index contributed by atoms with van der Waals surface area (Å²) in [6.45, 7) is 9.86. The number of likely N-dealkylation sites (tertiary alicyclic amines) is 1. The van der Waals surface area contributed by atoms with Crippen molar-refractivity contribution in [2.24, 2.45) is 5.92 Å². The summed E-state index contributed by atoms with van der Waals surface area (Å²) in [6, 6.07) is 25.7. The maximum atomic E-state index is 14.1. The molecule has 0 spiro atoms. The fourth-order valence-electron chi connectivity index (χ4n) is 6.30. The number of nitrogens with one attached hydrogen (secondary N) is 1. The minimum absolute atomic E-state index is 0.0708. The van der Waals surface area contributed by atoms with Crippen LogP contribution in [0.15, 0.2) is 91.1 Å². The van der Waals surface area contributed by atoms with Crippen molar-refractivity contribution < 1.29 is 23.9 Å². The SMILES string of the molecule is CC(C)CC(C(=O)NC1CCCN(C(=O)Cc2cccc(-c3ccccn3)c2)CC1=O)N(Cc1ccc2ccccc2c1)C(=O)OC(C)(C)C. The predicted molar refractivity (Wildman–Crippen MR) is 195 cm³/mol. The van der Waals surface area contributed by atoms with Gasteiger partial charge < -0.3 is 15.0 Å². The third-order valence-corrected chi connectivity index (χ3v) is 8.74. The highest BCUT2D eigenvalue weighted by Gasteiger charge is 2.36. The molecule has 2 atom stereocenters. The zero-order chi connectivity index (χ0) is 35.8. The van der Waals surface area contributed by atoms with Crippen LogP contribution in [0.3, 0.4) is 0 Å². The van der Waals surface area contributed by atoms with Gasteiger partial charge in [0.15, 0.2) is 5.78 Å². The first kappa shape index (κ1) is 36.2. The summed E-state index contributed by atoms with van der Waals surface area (Å²) < 4.78 is 5.82. The number of carbonyl (C=O) groups is 4. The van der Waals surface area contributed by atoms with Crippen molar-refractivity contribution in [3.05, 3.63) is 102 Å². The van der Waals surface area contributed by atoms with Gasteiger partial charge >= 0.3 is 6.09 Å². The first-order valence-corrected chi connectivity index (χ1v) is 17.4. The molecule has 0 bridgehead atoms. The molecule has 4 aromatic rings. The van der Waals surface area contributed by atoms with Crippen LogP contribution < -0.4 is 5.32 Å². The van der Waals surface area contributed by atoms with Gasteiger partial charge in [0.2, 0.25) is 11.8 Å². The molecule has 1 saturated heterocycles. The van der Waals surface area contributed by atoms with Crippen LogP contribution in [0.1, 0.15) is 65.0 Å². The summed E-state index contributed by atoms with van der Waals surface area (Å²) in [7, 11) is 0. The molecule has 0 radical (unpaired) electrons. The Hall–Kier alpha value is -5.05. The van der Waals surface area contributed by atoms with E-state index in [-0.39, 0.29) is 37.1 Å². The van der Waals surface area contributed by atoms with Crippen LogP contribution in [0.5, 0.6) is 0 Å². The number of hydrogen-bond acceptors (Lipinski definition) is 6. The second-order valence-corrected chi connectivity index (χ2v) is 14.5. The van der Waals surface area contributed by atoms with Crippen molar-refractivity contribution in [3.8, 4) is 11.3 Å². The van der Waals surface area contributed by atoms with Crippen LogP contribution in [-0.2, 0) is 32.1 Å². The molecule has 5 rings (SSSR count). The van der Waals surface area contributed by atoms with Gasteiger partial charge in [-0.15, -0.1) is 0 Å². The van der Waals surface area contributed by atoms with Gasteiger partial charge in [-0.25, -0.2) is 4.79 Å². The Bertz CT molecular complexity index is 1820. The monoisotopic (exact) mass is 676 g/mol. The Balaban J connectivity index is 1.30. The van der Waals surface area contributed by atoms with Gasteiger partial charge in [-0.1, -0.05) is 74.5 Å². The first-order chi connectivity index (χ1) is 23.9. The molecular weight excluding hydrogens is 628 g/mol. The largest absolute Gasteiger partial charge is 0.444 e. The predicted octanol–water partition coefficient (Wildman–Crippen LogP) is 6.97. The van der Waals surface area contributed by atoms with Crippen molar-refractivity contribution in [1.29, 1.82) is 0 Å². The van der Waals surface area contributed by atoms with Crippen molar-refractivity contribution in [1.82, 2.24) is 20.1 Å². The molecule has 9 heteroatoms. The smallest absolute Gasteiger partial charge is 0.411 e. The summed E-state index contributed by atoms with van der Waals surface area (Å²) >= 11 is 0. The highest BCUT2D eigenvalue weighted by molar-refractivity contribution is 5.95. The Labute approximate surface area is 295 Å². The third-order valence-electron chi connectivity index (χ3n) is 8.74. The number of amides is 3. The number of fused-ring (bicyclic) bond motifs is 1. The minimum Gasteiger partial charge on any atom is -0.444 e. The molecule has 1 aromatic heterocycles. The number of nitrogens with zero attached hydrogens (tertiary/aromatic N) is 3. The summed E-state index contributed by atoms with van der Waals surface area (Å²) in [5.41, 5.74) is 2.67. The van der Waals surface area contributed by atoms with E-state index in [4.69, 9.17) is 4.74 Å². The number of Topliss-reactive ketones (excluding diaryl/α,β-unsaturated/α-hetero) is 1. The molecule has 2 heterocycles. The number of aromatic nitrogens is 1. The topological polar surface area (TPSA) is 109 Å². The number of benzene rings is 3. The average Bonchev–Trinajstić information content (AvgIpc) is 3.26. The number of pyridine rings is 1. The normalized spacial score (nSPS) is 15.8. The average molecular weight is 677 g/mol. The van der Waals surface area contributed by atoms with E-state index in [1.807, 2.05) is 98.8 Å². The van der Waals surface area contributed by atoms with Gasteiger partial charge in [0.25, 0.3) is 0 Å². The van der Waals surface area contributed by atoms with E-state index < -0.39 is 29.7 Å². The summed E-state index contributed by atoms with van der Waals surface area (Å²) in [6.07, 6.45) is 2.62. The number of carbonyl (C=O) groups excluding carboxylic acids is 4. The summed E-state index contributed by atoms with van der Waals surface area (Å²) in [4.78, 5) is 62.4. The lowest BCUT2D eigenvalue weighted by atomic mass is 9.99. The summed E-state index contributed by atoms with van der Waals surface area (Å²) in [5.74, 6) is -0.711. The maximum Gasteiger partial charge on any atom is 0.411 e. The van der Waals surface area contributed by atoms with E-state index in [1.54, 1.807) is 31.9 Å². The van der Waals surface area contributed by atoms with Crippen LogP contribution in [0.4, 0.5) is 4.79 Å². The van der Waals surface area contributed by atoms with E-state index >= 15 is 0 Å². The van der Waals surface area contributed by atoms with Gasteiger partial charge in [-0.3, -0.25) is 24.3 Å². The lowest BCUT2D eigenvalue weighted by Gasteiger charge is -2.34. The lowest BCUT2D eigenvalue weighted by molar-refractivity contribution is -0.135. The second-order valence-electron chi connectivity index (χ2n) is 14.5. The van der Waals surface area contributed by atoms with Crippen molar-refractivity contribution in [2.45, 2.75) is 84.5 Å². The van der Waals surface area contributed by atoms with E-state index in [1.165, 1.54) is 4.90 Å². The van der Waals surface area contributed by atoms with Crippen molar-refractivity contribution in [2.75, 3.05) is 13.1 Å². The Morgan fingerprint density at radius 2 is 1.70 bits per heavy atom. The number of hydrogen-bond donors (Lipinski definition) is 1. The fraction of sp³-hybridized carbons (Fsp3) is 0.390. The van der Waals surface area contributed by atoms with Crippen LogP contribution in [0.25, 0.3) is 22.0 Å². The molecule has 3 amide bonds. The zero-order valence-electron chi connectivity index (χ0n) is 29.7. The van der Waals surface area contributed by atoms with E-state index in [0.717, 1.165) is 33.2 Å². The molecule has 50 heavy (non-hydrogen) atoms. The zero-order valence-corrected chi connectivity index (χ0v) is 29.7. The molecule has 1 fully saturated rings. The molecule has 2 unspecified atom stereocenters. The second kappa shape index (κ2) is 16.1. The van der Waals surface area contributed by atoms with E-state index in [2.05, 4.69) is 10.3 Å². The molecule has 0 aliphatic carbocycles. The van der Waals surface area contributed by atoms with Crippen LogP contribution in [-0.4, -0.2) is 69.2 Å². The summed E-state index contributed by atoms with van der Waals surface area (Å²) in [5, 5.41) is 5.09. The van der Waals surface area contributed by atoms with Gasteiger partial charge in [-0.05, 0) is 92.1 Å². The van der Waals surface area contributed by atoms with E-state index in [0.29, 0.717) is 25.8 Å². The van der Waals surface area contributed by atoms with Gasteiger partial charge in [0, 0.05) is 24.8 Å². The standard InChI is InChI=1S/C41H48N4O5/c1-28(2)22-36(45(40(49)50-41(3,4)5)26-30-18-19-31-13-6-7-14-32(31)24-30)39(48)43-35-17-11-21-44(27-37(35)46)38(47)25-29-12-10-15-33(23-29)34-16-8-9-20-42-34/h6-10,12-16,18-20,23-24,28,35-36H,11,17,21-22,25-27H2,1-5H3,(H,43,48). The highest BCUT2D eigenvalue weighted by atomic mass is 16.6. The fourth-order valence-corrected chi connectivity index (χ4v) is 6.30. The molecule has 0 saturated carbocycles. The molecule has 3 aromatic carbocycles. The molecule has 1 aliphatic rings. The molecule has 262 valence electrons. The molecular formula is C41H48N4O5. The highest BCUT2D eigenvalue weighted by Crippen LogP contribution is 2.24. The van der Waals surface area contributed by atoms with Gasteiger partial charge in [0.1, 0.15) is 11.6 Å². The van der Waals surface area contributed by atoms with Crippen molar-refractivity contribution >= 4 is 34.5 Å². The van der Waals surface area contributed by atoms with Crippen LogP contribution in [0, 0.1) is 5.92 Å². The molecule has 1 N–H and O–H groups in total. The molecule has 1 aliphatic heterocycles.